The monoisotopic (exact) mass is 312 g/mol. The average molecular weight is 313 g/mol. The molecule has 1 heterocycles. The lowest BCUT2D eigenvalue weighted by Crippen LogP contribution is -2.26. The highest BCUT2D eigenvalue weighted by Crippen LogP contribution is 2.22. The molecule has 7 heteroatoms. The van der Waals surface area contributed by atoms with Crippen molar-refractivity contribution in [2.24, 2.45) is 0 Å². The number of halogens is 2. The summed E-state index contributed by atoms with van der Waals surface area (Å²) in [5.74, 6) is 0.782. The molecule has 2 aromatic rings. The minimum atomic E-state index is -0.0408. The predicted molar refractivity (Wildman–Crippen MR) is 77.9 cm³/mol. The summed E-state index contributed by atoms with van der Waals surface area (Å²) in [6, 6.07) is 5.19. The van der Waals surface area contributed by atoms with Crippen LogP contribution in [0.5, 0.6) is 0 Å². The van der Waals surface area contributed by atoms with Crippen molar-refractivity contribution in [3.05, 3.63) is 46.0 Å². The van der Waals surface area contributed by atoms with Crippen molar-refractivity contribution >= 4 is 29.1 Å². The van der Waals surface area contributed by atoms with Crippen LogP contribution in [0, 0.1) is 0 Å². The molecule has 0 bridgehead atoms. The van der Waals surface area contributed by atoms with Gasteiger partial charge < -0.3 is 5.32 Å². The molecule has 0 atom stereocenters. The third kappa shape index (κ3) is 4.51. The van der Waals surface area contributed by atoms with E-state index in [2.05, 4.69) is 20.5 Å². The Hall–Kier alpha value is -1.59. The number of aryl methyl sites for hydroxylation is 1. The van der Waals surface area contributed by atoms with Crippen LogP contribution in [-0.4, -0.2) is 27.6 Å². The van der Waals surface area contributed by atoms with Crippen molar-refractivity contribution in [1.82, 2.24) is 20.5 Å². The number of nitrogens with zero attached hydrogens (tertiary/aromatic N) is 2. The number of amides is 1. The fourth-order valence-corrected chi connectivity index (χ4v) is 2.05. The molecule has 0 aliphatic rings. The highest BCUT2D eigenvalue weighted by atomic mass is 35.5. The molecule has 0 aliphatic carbocycles. The van der Waals surface area contributed by atoms with Crippen LogP contribution >= 0.6 is 23.2 Å². The molecule has 0 aliphatic heterocycles. The normalized spacial score (nSPS) is 10.5. The number of carbonyl (C=O) groups excluding carboxylic acids is 1. The van der Waals surface area contributed by atoms with Gasteiger partial charge in [0.2, 0.25) is 5.91 Å². The molecule has 0 saturated heterocycles. The molecule has 0 unspecified atom stereocenters. The van der Waals surface area contributed by atoms with Crippen LogP contribution in [-0.2, 0) is 17.6 Å². The molecule has 1 aromatic carbocycles. The lowest BCUT2D eigenvalue weighted by atomic mass is 10.1. The van der Waals surface area contributed by atoms with Crippen LogP contribution in [0.1, 0.15) is 17.8 Å². The lowest BCUT2D eigenvalue weighted by Gasteiger charge is -2.05. The van der Waals surface area contributed by atoms with E-state index in [1.54, 1.807) is 18.2 Å². The van der Waals surface area contributed by atoms with Crippen molar-refractivity contribution in [3.63, 3.8) is 0 Å². The van der Waals surface area contributed by atoms with E-state index in [1.165, 1.54) is 6.33 Å². The Bertz CT molecular complexity index is 572. The first-order chi connectivity index (χ1) is 9.65. The van der Waals surface area contributed by atoms with Crippen LogP contribution in [0.25, 0.3) is 0 Å². The van der Waals surface area contributed by atoms with E-state index in [4.69, 9.17) is 23.2 Å². The summed E-state index contributed by atoms with van der Waals surface area (Å²) in [4.78, 5) is 15.8. The van der Waals surface area contributed by atoms with Gasteiger partial charge in [-0.05, 0) is 24.1 Å². The summed E-state index contributed by atoms with van der Waals surface area (Å²) in [5.41, 5.74) is 0.840. The molecular formula is C13H14Cl2N4O. The highest BCUT2D eigenvalue weighted by Gasteiger charge is 2.05. The van der Waals surface area contributed by atoms with E-state index in [0.29, 0.717) is 23.0 Å². The maximum atomic E-state index is 11.7. The zero-order valence-corrected chi connectivity index (χ0v) is 12.2. The zero-order valence-electron chi connectivity index (χ0n) is 10.7. The SMILES string of the molecule is O=C(Cc1ccc(Cl)c(Cl)c1)NCCCc1ncn[nH]1. The summed E-state index contributed by atoms with van der Waals surface area (Å²) in [5, 5.41) is 10.3. The molecule has 0 spiro atoms. The first-order valence-corrected chi connectivity index (χ1v) is 6.95. The van der Waals surface area contributed by atoms with Crippen LogP contribution in [0.4, 0.5) is 0 Å². The third-order valence-electron chi connectivity index (χ3n) is 2.73. The molecule has 20 heavy (non-hydrogen) atoms. The summed E-state index contributed by atoms with van der Waals surface area (Å²) in [7, 11) is 0. The molecule has 106 valence electrons. The van der Waals surface area contributed by atoms with Crippen molar-refractivity contribution in [2.45, 2.75) is 19.3 Å². The molecule has 1 amide bonds. The lowest BCUT2D eigenvalue weighted by molar-refractivity contribution is -0.120. The van der Waals surface area contributed by atoms with Gasteiger partial charge in [-0.3, -0.25) is 9.89 Å². The van der Waals surface area contributed by atoms with Gasteiger partial charge in [0.25, 0.3) is 0 Å². The Morgan fingerprint density at radius 3 is 2.85 bits per heavy atom. The smallest absolute Gasteiger partial charge is 0.224 e. The highest BCUT2D eigenvalue weighted by molar-refractivity contribution is 6.42. The number of carbonyl (C=O) groups is 1. The van der Waals surface area contributed by atoms with Gasteiger partial charge in [-0.2, -0.15) is 5.10 Å². The van der Waals surface area contributed by atoms with E-state index in [1.807, 2.05) is 0 Å². The fraction of sp³-hybridized carbons (Fsp3) is 0.308. The van der Waals surface area contributed by atoms with Gasteiger partial charge in [0.15, 0.2) is 0 Å². The minimum absolute atomic E-state index is 0.0408. The quantitative estimate of drug-likeness (QED) is 0.805. The number of aromatic nitrogens is 3. The summed E-state index contributed by atoms with van der Waals surface area (Å²) >= 11 is 11.7. The first kappa shape index (κ1) is 14.8. The molecule has 5 nitrogen and oxygen atoms in total. The third-order valence-corrected chi connectivity index (χ3v) is 3.47. The number of nitrogens with one attached hydrogen (secondary N) is 2. The Balaban J connectivity index is 1.71. The van der Waals surface area contributed by atoms with E-state index >= 15 is 0 Å². The summed E-state index contributed by atoms with van der Waals surface area (Å²) in [6.45, 7) is 0.598. The van der Waals surface area contributed by atoms with Crippen LogP contribution in [0.2, 0.25) is 10.0 Å². The van der Waals surface area contributed by atoms with Crippen molar-refractivity contribution in [1.29, 1.82) is 0 Å². The van der Waals surface area contributed by atoms with Crippen LogP contribution < -0.4 is 5.32 Å². The van der Waals surface area contributed by atoms with Gasteiger partial charge in [0, 0.05) is 13.0 Å². The van der Waals surface area contributed by atoms with E-state index in [9.17, 15) is 4.79 Å². The number of hydrogen-bond acceptors (Lipinski definition) is 3. The van der Waals surface area contributed by atoms with Gasteiger partial charge in [-0.15, -0.1) is 0 Å². The molecule has 0 saturated carbocycles. The number of benzene rings is 1. The topological polar surface area (TPSA) is 70.7 Å². The molecule has 2 N–H and O–H groups in total. The minimum Gasteiger partial charge on any atom is -0.356 e. The maximum absolute atomic E-state index is 11.7. The number of aromatic amines is 1. The summed E-state index contributed by atoms with van der Waals surface area (Å²) < 4.78 is 0. The molecule has 2 rings (SSSR count). The standard InChI is InChI=1S/C13H14Cl2N4O/c14-10-4-3-9(6-11(10)15)7-13(20)16-5-1-2-12-17-8-18-19-12/h3-4,6,8H,1-2,5,7H2,(H,16,20)(H,17,18,19). The Kier molecular flexibility index (Phi) is 5.38. The van der Waals surface area contributed by atoms with Crippen molar-refractivity contribution in [3.8, 4) is 0 Å². The second kappa shape index (κ2) is 7.26. The average Bonchev–Trinajstić information content (AvgIpc) is 2.92. The van der Waals surface area contributed by atoms with Crippen molar-refractivity contribution in [2.75, 3.05) is 6.54 Å². The summed E-state index contributed by atoms with van der Waals surface area (Å²) in [6.07, 6.45) is 3.33. The van der Waals surface area contributed by atoms with E-state index in [-0.39, 0.29) is 5.91 Å². The second-order valence-electron chi connectivity index (χ2n) is 4.31. The maximum Gasteiger partial charge on any atom is 0.224 e. The van der Waals surface area contributed by atoms with E-state index in [0.717, 1.165) is 24.2 Å². The predicted octanol–water partition coefficient (Wildman–Crippen LogP) is 2.40. The first-order valence-electron chi connectivity index (χ1n) is 6.20. The van der Waals surface area contributed by atoms with Crippen LogP contribution in [0.3, 0.4) is 0 Å². The largest absolute Gasteiger partial charge is 0.356 e. The molecule has 0 radical (unpaired) electrons. The number of hydrogen-bond donors (Lipinski definition) is 2. The van der Waals surface area contributed by atoms with Crippen molar-refractivity contribution < 1.29 is 4.79 Å². The Morgan fingerprint density at radius 2 is 2.15 bits per heavy atom. The van der Waals surface area contributed by atoms with Gasteiger partial charge >= 0.3 is 0 Å². The molecule has 0 fully saturated rings. The Labute approximate surface area is 126 Å². The fourth-order valence-electron chi connectivity index (χ4n) is 1.73. The zero-order chi connectivity index (χ0) is 14.4. The van der Waals surface area contributed by atoms with Gasteiger partial charge in [-0.1, -0.05) is 29.3 Å². The van der Waals surface area contributed by atoms with Gasteiger partial charge in [-0.25, -0.2) is 4.98 Å². The molecule has 1 aromatic heterocycles. The van der Waals surface area contributed by atoms with Gasteiger partial charge in [0.1, 0.15) is 12.2 Å². The molecular weight excluding hydrogens is 299 g/mol. The van der Waals surface area contributed by atoms with Gasteiger partial charge in [0.05, 0.1) is 16.5 Å². The van der Waals surface area contributed by atoms with E-state index < -0.39 is 0 Å². The Morgan fingerprint density at radius 1 is 1.30 bits per heavy atom. The second-order valence-corrected chi connectivity index (χ2v) is 5.13. The number of H-pyrrole nitrogens is 1. The number of rotatable bonds is 6. The van der Waals surface area contributed by atoms with Crippen LogP contribution in [0.15, 0.2) is 24.5 Å².